The molecule has 4 heteroatoms. The van der Waals surface area contributed by atoms with Crippen LogP contribution < -0.4 is 15.2 Å². The maximum Gasteiger partial charge on any atom is 0.231 e. The molecule has 1 atom stereocenters. The number of fused-ring (bicyclic) bond motifs is 1. The molecule has 2 N–H and O–H groups in total. The molecule has 4 nitrogen and oxygen atoms in total. The van der Waals surface area contributed by atoms with Gasteiger partial charge in [0.25, 0.3) is 0 Å². The van der Waals surface area contributed by atoms with Gasteiger partial charge in [-0.1, -0.05) is 6.07 Å². The Morgan fingerprint density at radius 1 is 1.31 bits per heavy atom. The van der Waals surface area contributed by atoms with Crippen LogP contribution in [0.4, 0.5) is 0 Å². The first-order valence-electron chi connectivity index (χ1n) is 5.68. The van der Waals surface area contributed by atoms with E-state index in [0.717, 1.165) is 37.6 Å². The largest absolute Gasteiger partial charge is 0.454 e. The van der Waals surface area contributed by atoms with Crippen LogP contribution in [0.25, 0.3) is 0 Å². The molecule has 1 aromatic rings. The fourth-order valence-electron chi connectivity index (χ4n) is 2.30. The van der Waals surface area contributed by atoms with Gasteiger partial charge in [0.15, 0.2) is 11.5 Å². The number of nitrogens with two attached hydrogens (primary N) is 1. The van der Waals surface area contributed by atoms with Crippen molar-refractivity contribution in [3.8, 4) is 11.5 Å². The zero-order valence-corrected chi connectivity index (χ0v) is 9.19. The van der Waals surface area contributed by atoms with Gasteiger partial charge in [0.05, 0.1) is 0 Å². The van der Waals surface area contributed by atoms with Crippen LogP contribution in [0.2, 0.25) is 0 Å². The summed E-state index contributed by atoms with van der Waals surface area (Å²) < 4.78 is 10.6. The predicted octanol–water partition coefficient (Wildman–Crippen LogP) is 0.948. The molecule has 0 amide bonds. The second-order valence-corrected chi connectivity index (χ2v) is 4.47. The van der Waals surface area contributed by atoms with Gasteiger partial charge in [0.2, 0.25) is 6.79 Å². The van der Waals surface area contributed by atoms with Gasteiger partial charge in [-0.15, -0.1) is 0 Å². The summed E-state index contributed by atoms with van der Waals surface area (Å²) in [5.74, 6) is 1.71. The summed E-state index contributed by atoms with van der Waals surface area (Å²) in [5.41, 5.74) is 7.14. The van der Waals surface area contributed by atoms with Crippen molar-refractivity contribution in [2.24, 2.45) is 5.73 Å². The van der Waals surface area contributed by atoms with E-state index in [2.05, 4.69) is 17.0 Å². The highest BCUT2D eigenvalue weighted by Gasteiger charge is 2.20. The molecule has 1 unspecified atom stereocenters. The molecule has 0 spiro atoms. The normalized spacial score (nSPS) is 23.9. The minimum absolute atomic E-state index is 0.341. The second-order valence-electron chi connectivity index (χ2n) is 4.47. The molecule has 0 saturated carbocycles. The summed E-state index contributed by atoms with van der Waals surface area (Å²) in [4.78, 5) is 2.38. The number of ether oxygens (including phenoxy) is 2. The second kappa shape index (κ2) is 3.96. The molecule has 0 radical (unpaired) electrons. The van der Waals surface area contributed by atoms with Crippen molar-refractivity contribution in [2.45, 2.75) is 19.0 Å². The highest BCUT2D eigenvalue weighted by molar-refractivity contribution is 5.44. The van der Waals surface area contributed by atoms with Gasteiger partial charge in [0, 0.05) is 25.7 Å². The van der Waals surface area contributed by atoms with Gasteiger partial charge in [-0.05, 0) is 24.1 Å². The van der Waals surface area contributed by atoms with Crippen molar-refractivity contribution in [1.82, 2.24) is 4.90 Å². The van der Waals surface area contributed by atoms with Crippen molar-refractivity contribution in [3.63, 3.8) is 0 Å². The summed E-state index contributed by atoms with van der Waals surface area (Å²) in [6.07, 6.45) is 1.10. The SMILES string of the molecule is NC1CCN(Cc2ccc3c(c2)OCO3)C1. The molecule has 3 rings (SSSR count). The molecular weight excluding hydrogens is 204 g/mol. The first kappa shape index (κ1) is 9.93. The van der Waals surface area contributed by atoms with E-state index in [1.54, 1.807) is 0 Å². The Balaban J connectivity index is 1.71. The smallest absolute Gasteiger partial charge is 0.231 e. The van der Waals surface area contributed by atoms with Crippen LogP contribution in [-0.2, 0) is 6.54 Å². The Morgan fingerprint density at radius 2 is 2.19 bits per heavy atom. The van der Waals surface area contributed by atoms with E-state index in [0.29, 0.717) is 12.8 Å². The summed E-state index contributed by atoms with van der Waals surface area (Å²) in [6.45, 7) is 3.38. The number of hydrogen-bond acceptors (Lipinski definition) is 4. The van der Waals surface area contributed by atoms with Crippen molar-refractivity contribution in [1.29, 1.82) is 0 Å². The number of benzene rings is 1. The lowest BCUT2D eigenvalue weighted by Crippen LogP contribution is -2.26. The Hall–Kier alpha value is -1.26. The maximum atomic E-state index is 5.88. The van der Waals surface area contributed by atoms with Crippen molar-refractivity contribution in [2.75, 3.05) is 19.9 Å². The minimum atomic E-state index is 0.341. The summed E-state index contributed by atoms with van der Waals surface area (Å²) >= 11 is 0. The molecule has 86 valence electrons. The van der Waals surface area contributed by atoms with Gasteiger partial charge < -0.3 is 15.2 Å². The highest BCUT2D eigenvalue weighted by Crippen LogP contribution is 2.32. The molecule has 2 aliphatic heterocycles. The van der Waals surface area contributed by atoms with E-state index in [9.17, 15) is 0 Å². The average molecular weight is 220 g/mol. The van der Waals surface area contributed by atoms with E-state index in [-0.39, 0.29) is 0 Å². The fourth-order valence-corrected chi connectivity index (χ4v) is 2.30. The van der Waals surface area contributed by atoms with E-state index in [1.165, 1.54) is 5.56 Å². The van der Waals surface area contributed by atoms with E-state index >= 15 is 0 Å². The quantitative estimate of drug-likeness (QED) is 0.806. The van der Waals surface area contributed by atoms with Crippen molar-refractivity contribution in [3.05, 3.63) is 23.8 Å². The molecule has 0 aliphatic carbocycles. The molecule has 2 heterocycles. The lowest BCUT2D eigenvalue weighted by molar-refractivity contribution is 0.174. The lowest BCUT2D eigenvalue weighted by Gasteiger charge is -2.15. The van der Waals surface area contributed by atoms with Crippen LogP contribution in [0.1, 0.15) is 12.0 Å². The van der Waals surface area contributed by atoms with Crippen molar-refractivity contribution < 1.29 is 9.47 Å². The standard InChI is InChI=1S/C12H16N2O2/c13-10-3-4-14(7-10)6-9-1-2-11-12(5-9)16-8-15-11/h1-2,5,10H,3-4,6-8,13H2. The van der Waals surface area contributed by atoms with Crippen LogP contribution in [0.3, 0.4) is 0 Å². The van der Waals surface area contributed by atoms with Crippen LogP contribution in [0.5, 0.6) is 11.5 Å². The van der Waals surface area contributed by atoms with Crippen molar-refractivity contribution >= 4 is 0 Å². The zero-order chi connectivity index (χ0) is 11.0. The molecule has 16 heavy (non-hydrogen) atoms. The monoisotopic (exact) mass is 220 g/mol. The number of rotatable bonds is 2. The summed E-state index contributed by atoms with van der Waals surface area (Å²) in [7, 11) is 0. The lowest BCUT2D eigenvalue weighted by atomic mass is 10.2. The number of nitrogens with zero attached hydrogens (tertiary/aromatic N) is 1. The van der Waals surface area contributed by atoms with Gasteiger partial charge in [-0.25, -0.2) is 0 Å². The topological polar surface area (TPSA) is 47.7 Å². The number of likely N-dealkylation sites (tertiary alicyclic amines) is 1. The molecule has 0 bridgehead atoms. The third-order valence-electron chi connectivity index (χ3n) is 3.15. The Morgan fingerprint density at radius 3 is 3.00 bits per heavy atom. The Bertz CT molecular complexity index is 395. The minimum Gasteiger partial charge on any atom is -0.454 e. The molecule has 1 saturated heterocycles. The Kier molecular flexibility index (Phi) is 2.46. The van der Waals surface area contributed by atoms with Gasteiger partial charge in [0.1, 0.15) is 0 Å². The maximum absolute atomic E-state index is 5.88. The van der Waals surface area contributed by atoms with Crippen LogP contribution in [0, 0.1) is 0 Å². The molecule has 1 fully saturated rings. The molecule has 1 aromatic carbocycles. The summed E-state index contributed by atoms with van der Waals surface area (Å²) in [5, 5.41) is 0. The third kappa shape index (κ3) is 1.86. The zero-order valence-electron chi connectivity index (χ0n) is 9.19. The number of hydrogen-bond donors (Lipinski definition) is 1. The van der Waals surface area contributed by atoms with Gasteiger partial charge in [-0.2, -0.15) is 0 Å². The Labute approximate surface area is 94.9 Å². The highest BCUT2D eigenvalue weighted by atomic mass is 16.7. The van der Waals surface area contributed by atoms with Gasteiger partial charge in [-0.3, -0.25) is 4.90 Å². The fraction of sp³-hybridized carbons (Fsp3) is 0.500. The van der Waals surface area contributed by atoms with Crippen LogP contribution in [-0.4, -0.2) is 30.8 Å². The van der Waals surface area contributed by atoms with Crippen LogP contribution >= 0.6 is 0 Å². The summed E-state index contributed by atoms with van der Waals surface area (Å²) in [6, 6.07) is 6.48. The average Bonchev–Trinajstić information content (AvgIpc) is 2.87. The molecule has 0 aromatic heterocycles. The van der Waals surface area contributed by atoms with Crippen LogP contribution in [0.15, 0.2) is 18.2 Å². The predicted molar refractivity (Wildman–Crippen MR) is 60.4 cm³/mol. The van der Waals surface area contributed by atoms with E-state index in [1.807, 2.05) is 6.07 Å². The molecule has 2 aliphatic rings. The van der Waals surface area contributed by atoms with E-state index in [4.69, 9.17) is 15.2 Å². The first-order chi connectivity index (χ1) is 7.81. The third-order valence-corrected chi connectivity index (χ3v) is 3.15. The first-order valence-corrected chi connectivity index (χ1v) is 5.68. The molecular formula is C12H16N2O2. The van der Waals surface area contributed by atoms with E-state index < -0.39 is 0 Å². The van der Waals surface area contributed by atoms with Gasteiger partial charge >= 0.3 is 0 Å².